The first-order valence-electron chi connectivity index (χ1n) is 8.94. The molecule has 7 heteroatoms. The molecule has 0 amide bonds. The fraction of sp³-hybridized carbons (Fsp3) is 0.250. The summed E-state index contributed by atoms with van der Waals surface area (Å²) >= 11 is 5.98. The molecule has 0 spiro atoms. The summed E-state index contributed by atoms with van der Waals surface area (Å²) < 4.78 is 9.08. The lowest BCUT2D eigenvalue weighted by Crippen LogP contribution is -2.26. The number of pyridine rings is 1. The van der Waals surface area contributed by atoms with Crippen molar-refractivity contribution in [3.05, 3.63) is 64.3 Å². The second-order valence-corrected chi connectivity index (χ2v) is 7.20. The minimum absolute atomic E-state index is 0.0686. The van der Waals surface area contributed by atoms with Crippen molar-refractivity contribution in [2.45, 2.75) is 25.5 Å². The molecule has 4 aromatic rings. The molecule has 0 radical (unpaired) electrons. The molecule has 1 aromatic carbocycles. The van der Waals surface area contributed by atoms with Crippen LogP contribution >= 0.6 is 11.6 Å². The molecule has 5 rings (SSSR count). The van der Waals surface area contributed by atoms with Crippen molar-refractivity contribution >= 4 is 28.2 Å². The standard InChI is InChI=1S/C20H17ClN4O2/c21-14-5-3-13(4-6-14)16-11-23-25-18-7-8-24(12-15-2-1-9-27-15)20(26)17(18)10-22-19(16)25/h3-8,10-11,15H,1-2,9,12H2. The van der Waals surface area contributed by atoms with Gasteiger partial charge in [0.25, 0.3) is 5.56 Å². The van der Waals surface area contributed by atoms with Crippen LogP contribution in [0.4, 0.5) is 0 Å². The van der Waals surface area contributed by atoms with Gasteiger partial charge in [0.05, 0.1) is 29.7 Å². The van der Waals surface area contributed by atoms with Gasteiger partial charge in [0, 0.05) is 29.6 Å². The lowest BCUT2D eigenvalue weighted by molar-refractivity contribution is 0.0963. The van der Waals surface area contributed by atoms with E-state index in [9.17, 15) is 4.79 Å². The Labute approximate surface area is 160 Å². The van der Waals surface area contributed by atoms with Crippen LogP contribution in [0.25, 0.3) is 27.7 Å². The highest BCUT2D eigenvalue weighted by molar-refractivity contribution is 6.30. The molecule has 136 valence electrons. The van der Waals surface area contributed by atoms with E-state index in [1.165, 1.54) is 0 Å². The van der Waals surface area contributed by atoms with Crippen LogP contribution in [0, 0.1) is 0 Å². The van der Waals surface area contributed by atoms with E-state index in [0.717, 1.165) is 36.1 Å². The number of halogens is 1. The maximum absolute atomic E-state index is 12.9. The van der Waals surface area contributed by atoms with E-state index in [0.29, 0.717) is 22.6 Å². The first-order chi connectivity index (χ1) is 13.2. The van der Waals surface area contributed by atoms with E-state index in [-0.39, 0.29) is 11.7 Å². The van der Waals surface area contributed by atoms with Crippen molar-refractivity contribution in [1.29, 1.82) is 0 Å². The monoisotopic (exact) mass is 380 g/mol. The molecule has 1 aliphatic heterocycles. The summed E-state index contributed by atoms with van der Waals surface area (Å²) in [6.45, 7) is 1.35. The Balaban J connectivity index is 1.62. The van der Waals surface area contributed by atoms with Gasteiger partial charge in [0.2, 0.25) is 0 Å². The highest BCUT2D eigenvalue weighted by atomic mass is 35.5. The third-order valence-electron chi connectivity index (χ3n) is 5.05. The normalized spacial score (nSPS) is 17.1. The zero-order valence-corrected chi connectivity index (χ0v) is 15.3. The largest absolute Gasteiger partial charge is 0.376 e. The Kier molecular flexibility index (Phi) is 3.95. The molecule has 1 saturated heterocycles. The van der Waals surface area contributed by atoms with Crippen LogP contribution < -0.4 is 5.56 Å². The number of hydrogen-bond acceptors (Lipinski definition) is 4. The number of fused-ring (bicyclic) bond motifs is 3. The molecular formula is C20H17ClN4O2. The number of ether oxygens (including phenoxy) is 1. The molecule has 1 aliphatic rings. The molecule has 4 heterocycles. The van der Waals surface area contributed by atoms with Crippen LogP contribution in [-0.2, 0) is 11.3 Å². The SMILES string of the molecule is O=c1c2cnc3c(-c4ccc(Cl)cc4)cnn3c2ccn1CC1CCCO1. The summed E-state index contributed by atoms with van der Waals surface area (Å²) in [6, 6.07) is 9.46. The van der Waals surface area contributed by atoms with Crippen molar-refractivity contribution in [3.8, 4) is 11.1 Å². The number of hydrogen-bond donors (Lipinski definition) is 0. The molecule has 0 saturated carbocycles. The fourth-order valence-corrected chi connectivity index (χ4v) is 3.77. The third-order valence-corrected chi connectivity index (χ3v) is 5.30. The summed E-state index contributed by atoms with van der Waals surface area (Å²) in [5, 5.41) is 5.70. The highest BCUT2D eigenvalue weighted by Crippen LogP contribution is 2.26. The highest BCUT2D eigenvalue weighted by Gasteiger charge is 2.18. The smallest absolute Gasteiger partial charge is 0.261 e. The van der Waals surface area contributed by atoms with Crippen molar-refractivity contribution < 1.29 is 4.74 Å². The minimum Gasteiger partial charge on any atom is -0.376 e. The van der Waals surface area contributed by atoms with Gasteiger partial charge in [0.1, 0.15) is 0 Å². The predicted molar refractivity (Wildman–Crippen MR) is 104 cm³/mol. The van der Waals surface area contributed by atoms with Gasteiger partial charge in [-0.05, 0) is 36.6 Å². The number of aromatic nitrogens is 4. The van der Waals surface area contributed by atoms with Gasteiger partial charge < -0.3 is 9.30 Å². The molecule has 3 aromatic heterocycles. The van der Waals surface area contributed by atoms with Crippen molar-refractivity contribution in [1.82, 2.24) is 19.2 Å². The topological polar surface area (TPSA) is 61.4 Å². The third kappa shape index (κ3) is 2.81. The van der Waals surface area contributed by atoms with Crippen LogP contribution in [0.2, 0.25) is 5.02 Å². The first kappa shape index (κ1) is 16.5. The fourth-order valence-electron chi connectivity index (χ4n) is 3.64. The van der Waals surface area contributed by atoms with Crippen molar-refractivity contribution in [2.75, 3.05) is 6.61 Å². The summed E-state index contributed by atoms with van der Waals surface area (Å²) in [4.78, 5) is 17.4. The zero-order chi connectivity index (χ0) is 18.4. The lowest BCUT2D eigenvalue weighted by Gasteiger charge is -2.12. The Hall–Kier alpha value is -2.70. The lowest BCUT2D eigenvalue weighted by atomic mass is 10.1. The molecule has 0 bridgehead atoms. The molecule has 1 atom stereocenters. The maximum Gasteiger partial charge on any atom is 0.261 e. The number of nitrogens with zero attached hydrogens (tertiary/aromatic N) is 4. The Morgan fingerprint density at radius 3 is 2.81 bits per heavy atom. The van der Waals surface area contributed by atoms with E-state index in [1.54, 1.807) is 21.5 Å². The summed E-state index contributed by atoms with van der Waals surface area (Å²) in [7, 11) is 0. The quantitative estimate of drug-likeness (QED) is 0.545. The van der Waals surface area contributed by atoms with Gasteiger partial charge in [-0.3, -0.25) is 4.79 Å². The average molecular weight is 381 g/mol. The van der Waals surface area contributed by atoms with E-state index >= 15 is 0 Å². The second-order valence-electron chi connectivity index (χ2n) is 6.77. The maximum atomic E-state index is 12.9. The summed E-state index contributed by atoms with van der Waals surface area (Å²) in [5.74, 6) is 0. The van der Waals surface area contributed by atoms with Gasteiger partial charge in [-0.15, -0.1) is 0 Å². The Morgan fingerprint density at radius 2 is 2.04 bits per heavy atom. The van der Waals surface area contributed by atoms with Crippen molar-refractivity contribution in [2.24, 2.45) is 0 Å². The molecular weight excluding hydrogens is 364 g/mol. The van der Waals surface area contributed by atoms with E-state index in [1.807, 2.05) is 36.5 Å². The summed E-state index contributed by atoms with van der Waals surface area (Å²) in [6.07, 6.45) is 7.37. The van der Waals surface area contributed by atoms with Gasteiger partial charge in [-0.25, -0.2) is 9.50 Å². The predicted octanol–water partition coefficient (Wildman–Crippen LogP) is 3.54. The number of benzene rings is 1. The molecule has 27 heavy (non-hydrogen) atoms. The second kappa shape index (κ2) is 6.48. The minimum atomic E-state index is -0.0686. The Bertz CT molecular complexity index is 1190. The van der Waals surface area contributed by atoms with Crippen molar-refractivity contribution in [3.63, 3.8) is 0 Å². The molecule has 0 N–H and O–H groups in total. The van der Waals surface area contributed by atoms with Gasteiger partial charge >= 0.3 is 0 Å². The molecule has 0 aliphatic carbocycles. The molecule has 1 unspecified atom stereocenters. The number of rotatable bonds is 3. The summed E-state index contributed by atoms with van der Waals surface area (Å²) in [5.41, 5.74) is 3.26. The zero-order valence-electron chi connectivity index (χ0n) is 14.5. The first-order valence-corrected chi connectivity index (χ1v) is 9.32. The van der Waals surface area contributed by atoms with E-state index in [4.69, 9.17) is 16.3 Å². The van der Waals surface area contributed by atoms with Crippen LogP contribution in [0.3, 0.4) is 0 Å². The van der Waals surface area contributed by atoms with Crippen LogP contribution in [-0.4, -0.2) is 31.9 Å². The van der Waals surface area contributed by atoms with Gasteiger partial charge in [-0.1, -0.05) is 23.7 Å². The molecule has 6 nitrogen and oxygen atoms in total. The van der Waals surface area contributed by atoms with Gasteiger partial charge in [-0.2, -0.15) is 5.10 Å². The Morgan fingerprint density at radius 1 is 1.19 bits per heavy atom. The van der Waals surface area contributed by atoms with Gasteiger partial charge in [0.15, 0.2) is 5.65 Å². The van der Waals surface area contributed by atoms with Crippen LogP contribution in [0.5, 0.6) is 0 Å². The molecule has 1 fully saturated rings. The van der Waals surface area contributed by atoms with Crippen LogP contribution in [0.15, 0.2) is 53.7 Å². The van der Waals surface area contributed by atoms with E-state index in [2.05, 4.69) is 10.1 Å². The van der Waals surface area contributed by atoms with Crippen LogP contribution in [0.1, 0.15) is 12.8 Å². The average Bonchev–Trinajstić information content (AvgIpc) is 3.34. The van der Waals surface area contributed by atoms with E-state index < -0.39 is 0 Å².